The van der Waals surface area contributed by atoms with Crippen molar-refractivity contribution in [3.05, 3.63) is 0 Å². The number of rotatable bonds is 4. The molecule has 0 radical (unpaired) electrons. The molecule has 1 aliphatic heterocycles. The first-order valence-corrected chi connectivity index (χ1v) is 6.60. The second kappa shape index (κ2) is 4.25. The van der Waals surface area contributed by atoms with Gasteiger partial charge in [-0.2, -0.15) is 0 Å². The van der Waals surface area contributed by atoms with Crippen LogP contribution in [-0.2, 0) is 0 Å². The first kappa shape index (κ1) is 12.8. The van der Waals surface area contributed by atoms with Gasteiger partial charge in [-0.3, -0.25) is 15.2 Å². The lowest BCUT2D eigenvalue weighted by molar-refractivity contribution is 0.0301. The van der Waals surface area contributed by atoms with E-state index in [-0.39, 0.29) is 5.54 Å². The smallest absolute Gasteiger partial charge is 0.0911 e. The first-order chi connectivity index (χ1) is 7.83. The van der Waals surface area contributed by atoms with Crippen LogP contribution in [0.1, 0.15) is 33.1 Å². The molecule has 1 saturated heterocycles. The Labute approximate surface area is 105 Å². The van der Waals surface area contributed by atoms with Gasteiger partial charge in [-0.25, -0.2) is 0 Å². The Morgan fingerprint density at radius 2 is 1.94 bits per heavy atom. The minimum atomic E-state index is 0.268. The molecule has 0 aromatic heterocycles. The van der Waals surface area contributed by atoms with E-state index in [1.54, 1.807) is 0 Å². The molecule has 3 N–H and O–H groups in total. The lowest BCUT2D eigenvalue weighted by atomic mass is 9.96. The van der Waals surface area contributed by atoms with Crippen molar-refractivity contribution in [3.63, 3.8) is 0 Å². The van der Waals surface area contributed by atoms with Crippen molar-refractivity contribution >= 4 is 5.84 Å². The molecule has 98 valence electrons. The van der Waals surface area contributed by atoms with Gasteiger partial charge in [0.1, 0.15) is 0 Å². The quantitative estimate of drug-likeness (QED) is 0.570. The summed E-state index contributed by atoms with van der Waals surface area (Å²) in [6, 6.07) is 0. The summed E-state index contributed by atoms with van der Waals surface area (Å²) in [5, 5.41) is 7.47. The minimum Gasteiger partial charge on any atom is -0.388 e. The third kappa shape index (κ3) is 2.99. The van der Waals surface area contributed by atoms with E-state index in [2.05, 4.69) is 30.7 Å². The number of piperazine rings is 1. The topological polar surface area (TPSA) is 56.4 Å². The summed E-state index contributed by atoms with van der Waals surface area (Å²) >= 11 is 0. The standard InChI is InChI=1S/C13H26N4/c1-12(2)9-17(7-6-16(12)3)10-13(4-5-13)8-11(14)15/h4-10H2,1-3H3,(H3,14,15). The molecule has 0 spiro atoms. The molecule has 1 heterocycles. The number of hydrogen-bond acceptors (Lipinski definition) is 3. The molecule has 2 aliphatic rings. The molecule has 0 atom stereocenters. The van der Waals surface area contributed by atoms with Crippen molar-refractivity contribution in [1.82, 2.24) is 9.80 Å². The molecule has 4 nitrogen and oxygen atoms in total. The first-order valence-electron chi connectivity index (χ1n) is 6.60. The van der Waals surface area contributed by atoms with Gasteiger partial charge >= 0.3 is 0 Å². The molecule has 0 amide bonds. The zero-order valence-corrected chi connectivity index (χ0v) is 11.4. The number of nitrogens with two attached hydrogens (primary N) is 1. The zero-order chi connectivity index (χ0) is 12.7. The number of nitrogens with zero attached hydrogens (tertiary/aromatic N) is 2. The van der Waals surface area contributed by atoms with Crippen LogP contribution >= 0.6 is 0 Å². The fourth-order valence-electron chi connectivity index (χ4n) is 2.92. The van der Waals surface area contributed by atoms with Crippen LogP contribution in [0.3, 0.4) is 0 Å². The van der Waals surface area contributed by atoms with Crippen molar-refractivity contribution in [1.29, 1.82) is 5.41 Å². The molecule has 4 heteroatoms. The third-order valence-electron chi connectivity index (χ3n) is 4.48. The number of nitrogens with one attached hydrogen (secondary N) is 1. The van der Waals surface area contributed by atoms with E-state index in [0.717, 1.165) is 32.6 Å². The van der Waals surface area contributed by atoms with Crippen LogP contribution in [0.15, 0.2) is 0 Å². The second-order valence-electron chi connectivity index (χ2n) is 6.65. The maximum Gasteiger partial charge on any atom is 0.0911 e. The summed E-state index contributed by atoms with van der Waals surface area (Å²) in [4.78, 5) is 5.00. The van der Waals surface area contributed by atoms with E-state index in [1.165, 1.54) is 12.8 Å². The summed E-state index contributed by atoms with van der Waals surface area (Å²) in [6.45, 7) is 9.17. The fraction of sp³-hybridized carbons (Fsp3) is 0.923. The Kier molecular flexibility index (Phi) is 3.21. The molecule has 17 heavy (non-hydrogen) atoms. The predicted octanol–water partition coefficient (Wildman–Crippen LogP) is 1.12. The van der Waals surface area contributed by atoms with E-state index in [0.29, 0.717) is 11.3 Å². The highest BCUT2D eigenvalue weighted by atomic mass is 15.3. The van der Waals surface area contributed by atoms with E-state index >= 15 is 0 Å². The summed E-state index contributed by atoms with van der Waals surface area (Å²) in [5.41, 5.74) is 6.17. The maximum atomic E-state index is 7.47. The SMILES string of the molecule is CN1CCN(CC2(CC(=N)N)CC2)CC1(C)C. The van der Waals surface area contributed by atoms with Gasteiger partial charge in [0.2, 0.25) is 0 Å². The van der Waals surface area contributed by atoms with Crippen LogP contribution in [0.2, 0.25) is 0 Å². The molecule has 0 aromatic carbocycles. The van der Waals surface area contributed by atoms with Gasteiger partial charge in [0, 0.05) is 38.1 Å². The normalized spacial score (nSPS) is 27.9. The van der Waals surface area contributed by atoms with Crippen LogP contribution < -0.4 is 5.73 Å². The van der Waals surface area contributed by atoms with Crippen molar-refractivity contribution in [2.24, 2.45) is 11.1 Å². The number of hydrogen-bond donors (Lipinski definition) is 2. The predicted molar refractivity (Wildman–Crippen MR) is 71.3 cm³/mol. The third-order valence-corrected chi connectivity index (χ3v) is 4.48. The van der Waals surface area contributed by atoms with Crippen molar-refractivity contribution < 1.29 is 0 Å². The lowest BCUT2D eigenvalue weighted by Gasteiger charge is -2.46. The maximum absolute atomic E-state index is 7.47. The molecule has 1 saturated carbocycles. The van der Waals surface area contributed by atoms with E-state index in [1.807, 2.05) is 0 Å². The molecule has 2 fully saturated rings. The highest BCUT2D eigenvalue weighted by molar-refractivity contribution is 5.78. The van der Waals surface area contributed by atoms with E-state index < -0.39 is 0 Å². The lowest BCUT2D eigenvalue weighted by Crippen LogP contribution is -2.58. The zero-order valence-electron chi connectivity index (χ0n) is 11.4. The van der Waals surface area contributed by atoms with Crippen molar-refractivity contribution in [3.8, 4) is 0 Å². The summed E-state index contributed by atoms with van der Waals surface area (Å²) < 4.78 is 0. The highest BCUT2D eigenvalue weighted by Gasteiger charge is 2.45. The van der Waals surface area contributed by atoms with Gasteiger partial charge in [0.15, 0.2) is 0 Å². The fourth-order valence-corrected chi connectivity index (χ4v) is 2.92. The van der Waals surface area contributed by atoms with E-state index in [4.69, 9.17) is 11.1 Å². The summed E-state index contributed by atoms with van der Waals surface area (Å²) in [6.07, 6.45) is 3.29. The molecular formula is C13H26N4. The average Bonchev–Trinajstić information content (AvgIpc) is 2.90. The number of amidine groups is 1. The molecule has 2 rings (SSSR count). The second-order valence-corrected chi connectivity index (χ2v) is 6.65. The van der Waals surface area contributed by atoms with Gasteiger partial charge in [0.25, 0.3) is 0 Å². The molecule has 0 bridgehead atoms. The molecule has 0 unspecified atom stereocenters. The van der Waals surface area contributed by atoms with Gasteiger partial charge in [-0.1, -0.05) is 0 Å². The number of likely N-dealkylation sites (N-methyl/N-ethyl adjacent to an activating group) is 1. The van der Waals surface area contributed by atoms with Crippen molar-refractivity contribution in [2.45, 2.75) is 38.6 Å². The Hall–Kier alpha value is -0.610. The monoisotopic (exact) mass is 238 g/mol. The Bertz CT molecular complexity index is 307. The molecular weight excluding hydrogens is 212 g/mol. The average molecular weight is 238 g/mol. The van der Waals surface area contributed by atoms with Crippen LogP contribution in [0.5, 0.6) is 0 Å². The minimum absolute atomic E-state index is 0.268. The van der Waals surface area contributed by atoms with Crippen LogP contribution in [0.25, 0.3) is 0 Å². The van der Waals surface area contributed by atoms with Gasteiger partial charge < -0.3 is 5.73 Å². The summed E-state index contributed by atoms with van der Waals surface area (Å²) in [7, 11) is 2.21. The van der Waals surface area contributed by atoms with Crippen LogP contribution in [-0.4, -0.2) is 54.4 Å². The van der Waals surface area contributed by atoms with Gasteiger partial charge in [-0.05, 0) is 39.2 Å². The van der Waals surface area contributed by atoms with E-state index in [9.17, 15) is 0 Å². The Morgan fingerprint density at radius 3 is 2.41 bits per heavy atom. The Balaban J connectivity index is 1.90. The van der Waals surface area contributed by atoms with Gasteiger partial charge in [-0.15, -0.1) is 0 Å². The molecule has 1 aliphatic carbocycles. The van der Waals surface area contributed by atoms with Crippen LogP contribution in [0, 0.1) is 10.8 Å². The highest BCUT2D eigenvalue weighted by Crippen LogP contribution is 2.49. The summed E-state index contributed by atoms with van der Waals surface area (Å²) in [5.74, 6) is 0.357. The Morgan fingerprint density at radius 1 is 1.29 bits per heavy atom. The largest absolute Gasteiger partial charge is 0.388 e. The van der Waals surface area contributed by atoms with Crippen LogP contribution in [0.4, 0.5) is 0 Å². The van der Waals surface area contributed by atoms with Gasteiger partial charge in [0.05, 0.1) is 5.84 Å². The van der Waals surface area contributed by atoms with Crippen molar-refractivity contribution in [2.75, 3.05) is 33.2 Å². The molecule has 0 aromatic rings.